The average Bonchev–Trinajstić information content (AvgIpc) is 2.31. The van der Waals surface area contributed by atoms with Crippen LogP contribution in [0, 0.1) is 0 Å². The van der Waals surface area contributed by atoms with E-state index in [1.54, 1.807) is 23.1 Å². The molecule has 0 bridgehead atoms. The molecule has 0 spiro atoms. The van der Waals surface area contributed by atoms with E-state index in [9.17, 15) is 9.59 Å². The van der Waals surface area contributed by atoms with Crippen LogP contribution in [0.15, 0.2) is 18.2 Å². The summed E-state index contributed by atoms with van der Waals surface area (Å²) in [6.45, 7) is 4.15. The first-order valence-corrected chi connectivity index (χ1v) is 6.78. The van der Waals surface area contributed by atoms with E-state index in [1.165, 1.54) is 0 Å². The minimum Gasteiger partial charge on any atom is -0.481 e. The number of carbonyl (C=O) groups excluding carboxylic acids is 1. The molecule has 0 aliphatic heterocycles. The standard InChI is InChI=1S/C14H19ClN2O3/c1-9(2)17(5-3-4-13(18)19)14(20)10-6-11(15)8-12(16)7-10/h6-9H,3-5,16H2,1-2H3,(H,18,19). The lowest BCUT2D eigenvalue weighted by molar-refractivity contribution is -0.137. The topological polar surface area (TPSA) is 83.6 Å². The molecule has 1 rings (SSSR count). The van der Waals surface area contributed by atoms with Crippen LogP contribution in [0.3, 0.4) is 0 Å². The lowest BCUT2D eigenvalue weighted by Gasteiger charge is -2.27. The number of rotatable bonds is 6. The summed E-state index contributed by atoms with van der Waals surface area (Å²) in [6, 6.07) is 4.67. The molecule has 0 heterocycles. The zero-order valence-electron chi connectivity index (χ0n) is 11.6. The third-order valence-corrected chi connectivity index (χ3v) is 3.06. The maximum atomic E-state index is 12.4. The van der Waals surface area contributed by atoms with Gasteiger partial charge in [-0.15, -0.1) is 0 Å². The van der Waals surface area contributed by atoms with Crippen molar-refractivity contribution in [2.75, 3.05) is 12.3 Å². The molecule has 0 atom stereocenters. The predicted molar refractivity (Wildman–Crippen MR) is 78.9 cm³/mol. The van der Waals surface area contributed by atoms with Crippen molar-refractivity contribution >= 4 is 29.2 Å². The molecule has 0 aromatic heterocycles. The summed E-state index contributed by atoms with van der Waals surface area (Å²) in [7, 11) is 0. The summed E-state index contributed by atoms with van der Waals surface area (Å²) in [5.74, 6) is -1.06. The number of carboxylic acid groups (broad SMARTS) is 1. The number of nitrogens with two attached hydrogens (primary N) is 1. The molecule has 110 valence electrons. The van der Waals surface area contributed by atoms with Crippen molar-refractivity contribution in [3.05, 3.63) is 28.8 Å². The summed E-state index contributed by atoms with van der Waals surface area (Å²) in [6.07, 6.45) is 0.448. The fourth-order valence-corrected chi connectivity index (χ4v) is 2.14. The summed E-state index contributed by atoms with van der Waals surface area (Å²) >= 11 is 5.90. The van der Waals surface area contributed by atoms with Gasteiger partial charge in [0.2, 0.25) is 0 Å². The van der Waals surface area contributed by atoms with E-state index >= 15 is 0 Å². The second-order valence-corrected chi connectivity index (χ2v) is 5.30. The Kier molecular flexibility index (Phi) is 5.82. The highest BCUT2D eigenvalue weighted by atomic mass is 35.5. The van der Waals surface area contributed by atoms with Crippen LogP contribution in [0.25, 0.3) is 0 Å². The molecule has 0 radical (unpaired) electrons. The van der Waals surface area contributed by atoms with Gasteiger partial charge in [-0.3, -0.25) is 9.59 Å². The van der Waals surface area contributed by atoms with Crippen molar-refractivity contribution in [3.63, 3.8) is 0 Å². The van der Waals surface area contributed by atoms with E-state index in [0.717, 1.165) is 0 Å². The van der Waals surface area contributed by atoms with E-state index < -0.39 is 5.97 Å². The molecule has 20 heavy (non-hydrogen) atoms. The van der Waals surface area contributed by atoms with E-state index in [2.05, 4.69) is 0 Å². The number of benzene rings is 1. The largest absolute Gasteiger partial charge is 0.481 e. The van der Waals surface area contributed by atoms with Gasteiger partial charge < -0.3 is 15.7 Å². The van der Waals surface area contributed by atoms with Crippen LogP contribution >= 0.6 is 11.6 Å². The average molecular weight is 299 g/mol. The normalized spacial score (nSPS) is 10.6. The highest BCUT2D eigenvalue weighted by molar-refractivity contribution is 6.31. The quantitative estimate of drug-likeness (QED) is 0.791. The third kappa shape index (κ3) is 4.74. The maximum absolute atomic E-state index is 12.4. The molecular weight excluding hydrogens is 280 g/mol. The monoisotopic (exact) mass is 298 g/mol. The smallest absolute Gasteiger partial charge is 0.303 e. The number of carboxylic acids is 1. The number of hydrogen-bond donors (Lipinski definition) is 2. The fraction of sp³-hybridized carbons (Fsp3) is 0.429. The summed E-state index contributed by atoms with van der Waals surface area (Å²) in [5.41, 5.74) is 6.52. The summed E-state index contributed by atoms with van der Waals surface area (Å²) < 4.78 is 0. The van der Waals surface area contributed by atoms with Crippen LogP contribution in [0.4, 0.5) is 5.69 Å². The highest BCUT2D eigenvalue weighted by Crippen LogP contribution is 2.19. The lowest BCUT2D eigenvalue weighted by Crippen LogP contribution is -2.38. The van der Waals surface area contributed by atoms with Gasteiger partial charge in [0, 0.05) is 35.3 Å². The van der Waals surface area contributed by atoms with Crippen LogP contribution in [0.2, 0.25) is 5.02 Å². The fourth-order valence-electron chi connectivity index (χ4n) is 1.90. The molecule has 1 amide bonds. The number of nitrogens with zero attached hydrogens (tertiary/aromatic N) is 1. The molecule has 0 unspecified atom stereocenters. The first-order valence-electron chi connectivity index (χ1n) is 6.40. The predicted octanol–water partition coefficient (Wildman–Crippen LogP) is 2.64. The van der Waals surface area contributed by atoms with Gasteiger partial charge in [-0.05, 0) is 38.5 Å². The Balaban J connectivity index is 2.85. The Bertz CT molecular complexity index is 483. The zero-order valence-corrected chi connectivity index (χ0v) is 12.4. The molecule has 0 saturated heterocycles. The molecule has 0 aliphatic rings. The minimum absolute atomic E-state index is 0.0310. The van der Waals surface area contributed by atoms with Gasteiger partial charge in [0.25, 0.3) is 5.91 Å². The van der Waals surface area contributed by atoms with Gasteiger partial charge >= 0.3 is 5.97 Å². The number of hydrogen-bond acceptors (Lipinski definition) is 3. The van der Waals surface area contributed by atoms with Crippen molar-refractivity contribution in [3.8, 4) is 0 Å². The van der Waals surface area contributed by atoms with Crippen molar-refractivity contribution < 1.29 is 14.7 Å². The molecule has 0 fully saturated rings. The third-order valence-electron chi connectivity index (χ3n) is 2.84. The zero-order chi connectivity index (χ0) is 15.3. The Labute approximate surface area is 123 Å². The van der Waals surface area contributed by atoms with Crippen molar-refractivity contribution in [2.24, 2.45) is 0 Å². The Hall–Kier alpha value is -1.75. The van der Waals surface area contributed by atoms with Gasteiger partial charge in [-0.1, -0.05) is 11.6 Å². The molecule has 1 aromatic carbocycles. The molecule has 0 aliphatic carbocycles. The van der Waals surface area contributed by atoms with Gasteiger partial charge in [-0.25, -0.2) is 0 Å². The molecule has 6 heteroatoms. The van der Waals surface area contributed by atoms with Crippen LogP contribution in [-0.4, -0.2) is 34.5 Å². The SMILES string of the molecule is CC(C)N(CCCC(=O)O)C(=O)c1cc(N)cc(Cl)c1. The Morgan fingerprint density at radius 1 is 1.35 bits per heavy atom. The van der Waals surface area contributed by atoms with Crippen LogP contribution in [0.5, 0.6) is 0 Å². The Morgan fingerprint density at radius 3 is 2.50 bits per heavy atom. The first kappa shape index (κ1) is 16.3. The van der Waals surface area contributed by atoms with Crippen molar-refractivity contribution in [1.29, 1.82) is 0 Å². The van der Waals surface area contributed by atoms with E-state index in [4.69, 9.17) is 22.4 Å². The lowest BCUT2D eigenvalue weighted by atomic mass is 10.1. The molecule has 0 saturated carbocycles. The minimum atomic E-state index is -0.867. The van der Waals surface area contributed by atoms with Gasteiger partial charge in [0.05, 0.1) is 0 Å². The second-order valence-electron chi connectivity index (χ2n) is 4.86. The molecular formula is C14H19ClN2O3. The summed E-state index contributed by atoms with van der Waals surface area (Å²) in [4.78, 5) is 24.6. The van der Waals surface area contributed by atoms with Crippen LogP contribution in [0.1, 0.15) is 37.0 Å². The first-order chi connectivity index (χ1) is 9.31. The van der Waals surface area contributed by atoms with E-state index in [-0.39, 0.29) is 18.4 Å². The van der Waals surface area contributed by atoms with Crippen molar-refractivity contribution in [2.45, 2.75) is 32.7 Å². The number of nitrogen functional groups attached to an aromatic ring is 1. The molecule has 1 aromatic rings. The number of anilines is 1. The van der Waals surface area contributed by atoms with Crippen molar-refractivity contribution in [1.82, 2.24) is 4.90 Å². The van der Waals surface area contributed by atoms with Gasteiger partial charge in [-0.2, -0.15) is 0 Å². The Morgan fingerprint density at radius 2 is 2.00 bits per heavy atom. The molecule has 5 nitrogen and oxygen atoms in total. The highest BCUT2D eigenvalue weighted by Gasteiger charge is 2.19. The van der Waals surface area contributed by atoms with E-state index in [0.29, 0.717) is 29.2 Å². The number of halogens is 1. The van der Waals surface area contributed by atoms with E-state index in [1.807, 2.05) is 13.8 Å². The molecule has 3 N–H and O–H groups in total. The number of carbonyl (C=O) groups is 2. The van der Waals surface area contributed by atoms with Gasteiger partial charge in [0.1, 0.15) is 0 Å². The summed E-state index contributed by atoms with van der Waals surface area (Å²) in [5, 5.41) is 9.06. The maximum Gasteiger partial charge on any atom is 0.303 e. The number of aliphatic carboxylic acids is 1. The van der Waals surface area contributed by atoms with Crippen LogP contribution < -0.4 is 5.73 Å². The second kappa shape index (κ2) is 7.14. The number of amides is 1. The van der Waals surface area contributed by atoms with Crippen LogP contribution in [-0.2, 0) is 4.79 Å². The van der Waals surface area contributed by atoms with Gasteiger partial charge in [0.15, 0.2) is 0 Å².